The molecule has 40 heavy (non-hydrogen) atoms. The fourth-order valence-electron chi connectivity index (χ4n) is 3.90. The van der Waals surface area contributed by atoms with Crippen molar-refractivity contribution in [3.8, 4) is 5.75 Å². The Morgan fingerprint density at radius 2 is 1.52 bits per heavy atom. The lowest BCUT2D eigenvalue weighted by Crippen LogP contribution is -2.13. The normalized spacial score (nSPS) is 12.3. The van der Waals surface area contributed by atoms with Crippen LogP contribution in [0.25, 0.3) is 21.5 Å². The Morgan fingerprint density at radius 1 is 0.825 bits per heavy atom. The molecule has 5 N–H and O–H groups in total. The molecule has 16 heteroatoms. The Kier molecular flexibility index (Phi) is 7.82. The number of azo groups is 1. The summed E-state index contributed by atoms with van der Waals surface area (Å²) in [5.74, 6) is -2.54. The first kappa shape index (κ1) is 28.9. The molecule has 0 aliphatic carbocycles. The summed E-state index contributed by atoms with van der Waals surface area (Å²) >= 11 is 4.20. The van der Waals surface area contributed by atoms with Crippen molar-refractivity contribution in [2.75, 3.05) is 5.32 Å². The summed E-state index contributed by atoms with van der Waals surface area (Å²) in [6, 6.07) is 12.0. The zero-order valence-electron chi connectivity index (χ0n) is 20.0. The summed E-state index contributed by atoms with van der Waals surface area (Å²) in [5, 5.41) is 30.1. The number of hydrogen-bond donors (Lipinski definition) is 6. The zero-order valence-corrected chi connectivity index (χ0v) is 22.5. The molecule has 0 unspecified atom stereocenters. The van der Waals surface area contributed by atoms with Crippen LogP contribution in [-0.2, 0) is 29.8 Å². The number of fused-ring (bicyclic) bond motifs is 2. The van der Waals surface area contributed by atoms with Gasteiger partial charge in [-0.15, -0.1) is 22.9 Å². The van der Waals surface area contributed by atoms with Gasteiger partial charge in [0.15, 0.2) is 5.75 Å². The molecule has 0 saturated heterocycles. The smallest absolute Gasteiger partial charge is 0.303 e. The molecular weight excluding hydrogens is 586 g/mol. The highest BCUT2D eigenvalue weighted by molar-refractivity contribution is 7.86. The number of carboxylic acids is 1. The molecule has 4 aromatic carbocycles. The van der Waals surface area contributed by atoms with Crippen molar-refractivity contribution in [1.29, 1.82) is 0 Å². The molecule has 208 valence electrons. The number of carbonyl (C=O) groups is 2. The first-order chi connectivity index (χ1) is 18.6. The maximum absolute atomic E-state index is 12.2. The number of rotatable bonds is 8. The third-order valence-electron chi connectivity index (χ3n) is 5.63. The maximum Gasteiger partial charge on any atom is 0.303 e. The lowest BCUT2D eigenvalue weighted by atomic mass is 10.1. The predicted molar refractivity (Wildman–Crippen MR) is 146 cm³/mol. The van der Waals surface area contributed by atoms with Crippen LogP contribution in [0.15, 0.2) is 79.5 Å². The number of carbonyl (C=O) groups excluding carboxylic acids is 1. The van der Waals surface area contributed by atoms with Gasteiger partial charge in [0.25, 0.3) is 20.2 Å². The summed E-state index contributed by atoms with van der Waals surface area (Å²) in [5.41, 5.74) is -0.960. The molecule has 0 bridgehead atoms. The Balaban J connectivity index is 1.84. The van der Waals surface area contributed by atoms with Gasteiger partial charge in [0.1, 0.15) is 21.2 Å². The fourth-order valence-corrected chi connectivity index (χ4v) is 5.61. The van der Waals surface area contributed by atoms with Crippen molar-refractivity contribution in [2.45, 2.75) is 27.5 Å². The van der Waals surface area contributed by atoms with Gasteiger partial charge in [-0.05, 0) is 53.2 Å². The standard InChI is InChI=1S/C24H19N3O10S3/c28-20(7-8-21(29)30)25-14-2-4-16-13(9-14)11-19(39(32,33)34)22(23(16)31)27-26-18-6-1-12-10-15(38)3-5-17(12)24(18)40(35,36)37/h1-6,9-11,31,38H,7-8H2,(H,25,28)(H,29,30)(H,32,33,34)(H,35,36,37). The molecule has 0 aromatic heterocycles. The van der Waals surface area contributed by atoms with E-state index >= 15 is 0 Å². The van der Waals surface area contributed by atoms with Crippen molar-refractivity contribution in [2.24, 2.45) is 10.2 Å². The second-order valence-corrected chi connectivity index (χ2v) is 11.7. The predicted octanol–water partition coefficient (Wildman–Crippen LogP) is 4.70. The second kappa shape index (κ2) is 10.8. The van der Waals surface area contributed by atoms with E-state index in [4.69, 9.17) is 5.11 Å². The number of aromatic hydroxyl groups is 1. The monoisotopic (exact) mass is 605 g/mol. The van der Waals surface area contributed by atoms with Gasteiger partial charge in [-0.1, -0.05) is 12.1 Å². The summed E-state index contributed by atoms with van der Waals surface area (Å²) in [7, 11) is -9.89. The van der Waals surface area contributed by atoms with Crippen molar-refractivity contribution >= 4 is 83.3 Å². The number of aliphatic carboxylic acids is 1. The van der Waals surface area contributed by atoms with E-state index in [1.807, 2.05) is 0 Å². The van der Waals surface area contributed by atoms with Crippen LogP contribution >= 0.6 is 12.6 Å². The number of hydrogen-bond acceptors (Lipinski definition) is 10. The van der Waals surface area contributed by atoms with Crippen LogP contribution in [-0.4, -0.2) is 48.0 Å². The van der Waals surface area contributed by atoms with Gasteiger partial charge in [0, 0.05) is 27.8 Å². The average Bonchev–Trinajstić information content (AvgIpc) is 2.85. The van der Waals surface area contributed by atoms with Crippen LogP contribution in [0.3, 0.4) is 0 Å². The molecule has 13 nitrogen and oxygen atoms in total. The van der Waals surface area contributed by atoms with Crippen molar-refractivity contribution in [3.63, 3.8) is 0 Å². The van der Waals surface area contributed by atoms with Crippen molar-refractivity contribution in [1.82, 2.24) is 0 Å². The lowest BCUT2D eigenvalue weighted by molar-refractivity contribution is -0.138. The van der Waals surface area contributed by atoms with E-state index in [1.54, 1.807) is 6.07 Å². The van der Waals surface area contributed by atoms with Crippen LogP contribution in [0.4, 0.5) is 17.1 Å². The van der Waals surface area contributed by atoms with Gasteiger partial charge in [-0.2, -0.15) is 16.8 Å². The lowest BCUT2D eigenvalue weighted by Gasteiger charge is -2.11. The minimum absolute atomic E-state index is 0.0275. The molecule has 0 aliphatic rings. The van der Waals surface area contributed by atoms with Gasteiger partial charge >= 0.3 is 5.97 Å². The van der Waals surface area contributed by atoms with Gasteiger partial charge in [0.2, 0.25) is 5.91 Å². The van der Waals surface area contributed by atoms with Crippen molar-refractivity contribution in [3.05, 3.63) is 54.6 Å². The third kappa shape index (κ3) is 6.21. The van der Waals surface area contributed by atoms with Gasteiger partial charge in [-0.25, -0.2) is 0 Å². The maximum atomic E-state index is 12.2. The number of phenolic OH excluding ortho intramolecular Hbond substituents is 1. The molecule has 0 atom stereocenters. The second-order valence-electron chi connectivity index (χ2n) is 8.42. The SMILES string of the molecule is O=C(O)CCC(=O)Nc1ccc2c(O)c(N=Nc3ccc4cc(S)ccc4c3S(=O)(=O)O)c(S(=O)(=O)O)cc2c1. The minimum Gasteiger partial charge on any atom is -0.505 e. The molecule has 0 heterocycles. The number of amides is 1. The molecule has 4 aromatic rings. The minimum atomic E-state index is -5.03. The highest BCUT2D eigenvalue weighted by Gasteiger charge is 2.24. The van der Waals surface area contributed by atoms with E-state index in [9.17, 15) is 40.6 Å². The summed E-state index contributed by atoms with van der Waals surface area (Å²) in [6.07, 6.45) is -0.724. The van der Waals surface area contributed by atoms with E-state index in [2.05, 4.69) is 28.2 Å². The van der Waals surface area contributed by atoms with Crippen LogP contribution in [0.2, 0.25) is 0 Å². The highest BCUT2D eigenvalue weighted by atomic mass is 32.2. The van der Waals surface area contributed by atoms with Crippen molar-refractivity contribution < 1.29 is 45.7 Å². The molecule has 0 fully saturated rings. The van der Waals surface area contributed by atoms with Crippen LogP contribution in [0.5, 0.6) is 5.75 Å². The quantitative estimate of drug-likeness (QED) is 0.0923. The first-order valence-electron chi connectivity index (χ1n) is 11.1. The molecule has 1 amide bonds. The van der Waals surface area contributed by atoms with Crippen LogP contribution in [0.1, 0.15) is 12.8 Å². The largest absolute Gasteiger partial charge is 0.505 e. The van der Waals surface area contributed by atoms with Gasteiger partial charge in [0.05, 0.1) is 6.42 Å². The van der Waals surface area contributed by atoms with E-state index < -0.39 is 59.8 Å². The van der Waals surface area contributed by atoms with Crippen LogP contribution in [0, 0.1) is 0 Å². The molecule has 0 spiro atoms. The van der Waals surface area contributed by atoms with Crippen LogP contribution < -0.4 is 5.32 Å². The number of carboxylic acid groups (broad SMARTS) is 1. The molecule has 0 aliphatic heterocycles. The Labute approximate surface area is 232 Å². The number of nitrogens with one attached hydrogen (secondary N) is 1. The number of thiol groups is 1. The Bertz CT molecular complexity index is 1960. The summed E-state index contributed by atoms with van der Waals surface area (Å²) in [4.78, 5) is 21.6. The van der Waals surface area contributed by atoms with E-state index in [1.165, 1.54) is 42.5 Å². The Morgan fingerprint density at radius 3 is 2.17 bits per heavy atom. The number of phenols is 1. The Hall–Kier alpha value is -4.09. The first-order valence-corrected chi connectivity index (χ1v) is 14.4. The molecular formula is C24H19N3O10S3. The average molecular weight is 606 g/mol. The highest BCUT2D eigenvalue weighted by Crippen LogP contribution is 2.43. The van der Waals surface area contributed by atoms with E-state index in [-0.39, 0.29) is 34.0 Å². The van der Waals surface area contributed by atoms with Gasteiger partial charge in [-0.3, -0.25) is 18.7 Å². The number of benzene rings is 4. The summed E-state index contributed by atoms with van der Waals surface area (Å²) < 4.78 is 68.5. The fraction of sp³-hybridized carbons (Fsp3) is 0.0833. The summed E-state index contributed by atoms with van der Waals surface area (Å²) in [6.45, 7) is 0. The van der Waals surface area contributed by atoms with Gasteiger partial charge < -0.3 is 15.5 Å². The molecule has 4 rings (SSSR count). The number of anilines is 1. The third-order valence-corrected chi connectivity index (χ3v) is 7.72. The molecule has 0 radical (unpaired) electrons. The number of nitrogens with zero attached hydrogens (tertiary/aromatic N) is 2. The van der Waals surface area contributed by atoms with E-state index in [0.717, 1.165) is 6.07 Å². The van der Waals surface area contributed by atoms with E-state index in [0.29, 0.717) is 10.3 Å². The zero-order chi connectivity index (χ0) is 29.4. The topological polar surface area (TPSA) is 220 Å². The molecule has 0 saturated carbocycles.